The second-order valence-electron chi connectivity index (χ2n) is 7.05. The quantitative estimate of drug-likeness (QED) is 0.452. The van der Waals surface area contributed by atoms with Gasteiger partial charge in [0, 0.05) is 17.7 Å². The number of rotatable bonds is 6. The van der Waals surface area contributed by atoms with Gasteiger partial charge in [-0.15, -0.1) is 0 Å². The molecule has 0 aliphatic carbocycles. The molecule has 1 aromatic carbocycles. The first kappa shape index (κ1) is 23.1. The first-order valence-corrected chi connectivity index (χ1v) is 11.7. The summed E-state index contributed by atoms with van der Waals surface area (Å²) in [6, 6.07) is 7.96. The Kier molecular flexibility index (Phi) is 6.57. The average Bonchev–Trinajstić information content (AvgIpc) is 3.34. The van der Waals surface area contributed by atoms with Gasteiger partial charge < -0.3 is 18.6 Å². The molecule has 0 amide bonds. The van der Waals surface area contributed by atoms with Crippen molar-refractivity contribution >= 4 is 39.3 Å². The zero-order valence-corrected chi connectivity index (χ0v) is 20.8. The fourth-order valence-electron chi connectivity index (χ4n) is 3.67. The van der Waals surface area contributed by atoms with Crippen LogP contribution in [-0.4, -0.2) is 31.4 Å². The lowest BCUT2D eigenvalue weighted by Gasteiger charge is -2.26. The number of carbonyl (C=O) groups is 1. The first-order chi connectivity index (χ1) is 15.9. The van der Waals surface area contributed by atoms with Crippen molar-refractivity contribution in [1.82, 2.24) is 4.57 Å². The van der Waals surface area contributed by atoms with E-state index in [0.717, 1.165) is 0 Å². The molecule has 0 radical (unpaired) electrons. The molecule has 4 rings (SSSR count). The number of benzene rings is 1. The lowest BCUT2D eigenvalue weighted by atomic mass is 9.95. The van der Waals surface area contributed by atoms with Gasteiger partial charge in [0.1, 0.15) is 23.3 Å². The van der Waals surface area contributed by atoms with Crippen LogP contribution in [0.2, 0.25) is 0 Å². The molecule has 1 aliphatic rings. The van der Waals surface area contributed by atoms with Crippen LogP contribution in [-0.2, 0) is 9.53 Å². The van der Waals surface area contributed by atoms with Crippen LogP contribution < -0.4 is 24.4 Å². The Morgan fingerprint density at radius 3 is 2.70 bits per heavy atom. The van der Waals surface area contributed by atoms with E-state index >= 15 is 0 Å². The number of hydrogen-bond donors (Lipinski definition) is 0. The van der Waals surface area contributed by atoms with Gasteiger partial charge in [0.15, 0.2) is 9.47 Å². The third kappa shape index (κ3) is 4.28. The van der Waals surface area contributed by atoms with Gasteiger partial charge in [0.25, 0.3) is 5.56 Å². The number of nitrogens with zero attached hydrogens (tertiary/aromatic N) is 2. The van der Waals surface area contributed by atoms with Crippen molar-refractivity contribution in [3.8, 4) is 11.5 Å². The minimum Gasteiger partial charge on any atom is -0.497 e. The highest BCUT2D eigenvalue weighted by atomic mass is 79.9. The van der Waals surface area contributed by atoms with E-state index in [-0.39, 0.29) is 17.7 Å². The number of esters is 1. The number of aromatic nitrogens is 1. The summed E-state index contributed by atoms with van der Waals surface area (Å²) in [4.78, 5) is 31.6. The number of carbonyl (C=O) groups excluding carboxylic acids is 1. The molecule has 0 saturated carbocycles. The highest BCUT2D eigenvalue weighted by Crippen LogP contribution is 2.37. The summed E-state index contributed by atoms with van der Waals surface area (Å²) in [6.45, 7) is 3.66. The fraction of sp³-hybridized carbons (Fsp3) is 0.261. The number of allylic oxidation sites excluding steroid dienone is 1. The molecule has 0 unspecified atom stereocenters. The topological polar surface area (TPSA) is 92.3 Å². The molecule has 3 aromatic rings. The van der Waals surface area contributed by atoms with Crippen LogP contribution in [0.1, 0.15) is 31.2 Å². The van der Waals surface area contributed by atoms with Gasteiger partial charge in [-0.25, -0.2) is 9.79 Å². The van der Waals surface area contributed by atoms with E-state index in [2.05, 4.69) is 20.9 Å². The van der Waals surface area contributed by atoms with E-state index in [1.165, 1.54) is 23.0 Å². The summed E-state index contributed by atoms with van der Waals surface area (Å²) in [5.41, 5.74) is 1.07. The average molecular weight is 533 g/mol. The monoisotopic (exact) mass is 532 g/mol. The molecule has 0 spiro atoms. The summed E-state index contributed by atoms with van der Waals surface area (Å²) < 4.78 is 24.2. The Morgan fingerprint density at radius 1 is 1.27 bits per heavy atom. The van der Waals surface area contributed by atoms with Crippen molar-refractivity contribution in [3.05, 3.63) is 77.3 Å². The maximum atomic E-state index is 13.6. The van der Waals surface area contributed by atoms with Gasteiger partial charge >= 0.3 is 5.97 Å². The summed E-state index contributed by atoms with van der Waals surface area (Å²) in [7, 11) is 3.08. The molecule has 1 atom stereocenters. The normalized spacial score (nSPS) is 15.8. The molecule has 0 fully saturated rings. The number of thiazole rings is 1. The molecule has 2 aromatic heterocycles. The molecule has 10 heteroatoms. The van der Waals surface area contributed by atoms with Crippen LogP contribution in [0.15, 0.2) is 60.5 Å². The molecular weight excluding hydrogens is 512 g/mol. The lowest BCUT2D eigenvalue weighted by Crippen LogP contribution is -2.40. The molecule has 33 heavy (non-hydrogen) atoms. The van der Waals surface area contributed by atoms with Crippen LogP contribution in [0.5, 0.6) is 11.5 Å². The van der Waals surface area contributed by atoms with Gasteiger partial charge in [-0.3, -0.25) is 9.36 Å². The zero-order valence-electron chi connectivity index (χ0n) is 18.4. The lowest BCUT2D eigenvalue weighted by molar-refractivity contribution is -0.139. The minimum absolute atomic E-state index is 0.194. The molecule has 8 nitrogen and oxygen atoms in total. The van der Waals surface area contributed by atoms with E-state index in [9.17, 15) is 9.59 Å². The van der Waals surface area contributed by atoms with E-state index in [4.69, 9.17) is 18.6 Å². The van der Waals surface area contributed by atoms with Crippen LogP contribution in [0.3, 0.4) is 0 Å². The molecule has 3 heterocycles. The van der Waals surface area contributed by atoms with Crippen molar-refractivity contribution in [2.75, 3.05) is 20.8 Å². The Morgan fingerprint density at radius 2 is 2.06 bits per heavy atom. The number of methoxy groups -OCH3 is 2. The summed E-state index contributed by atoms with van der Waals surface area (Å²) >= 11 is 4.49. The van der Waals surface area contributed by atoms with Gasteiger partial charge in [0.2, 0.25) is 0 Å². The molecule has 0 N–H and O–H groups in total. The van der Waals surface area contributed by atoms with Crippen molar-refractivity contribution in [3.63, 3.8) is 0 Å². The Hall–Kier alpha value is -3.11. The molecule has 172 valence electrons. The zero-order chi connectivity index (χ0) is 23.7. The minimum atomic E-state index is -0.786. The van der Waals surface area contributed by atoms with Crippen molar-refractivity contribution in [2.24, 2.45) is 4.99 Å². The second kappa shape index (κ2) is 9.40. The smallest absolute Gasteiger partial charge is 0.338 e. The number of furan rings is 1. The predicted molar refractivity (Wildman–Crippen MR) is 126 cm³/mol. The molecule has 1 aliphatic heterocycles. The molecule has 0 saturated heterocycles. The predicted octanol–water partition coefficient (Wildman–Crippen LogP) is 3.17. The first-order valence-electron chi connectivity index (χ1n) is 10.0. The van der Waals surface area contributed by atoms with E-state index in [0.29, 0.717) is 42.5 Å². The Balaban J connectivity index is 2.00. The largest absolute Gasteiger partial charge is 0.497 e. The van der Waals surface area contributed by atoms with E-state index in [1.807, 2.05) is 0 Å². The van der Waals surface area contributed by atoms with Crippen molar-refractivity contribution < 1.29 is 23.4 Å². The summed E-state index contributed by atoms with van der Waals surface area (Å²) in [6.07, 6.45) is 1.65. The van der Waals surface area contributed by atoms with Gasteiger partial charge in [-0.05, 0) is 54.0 Å². The van der Waals surface area contributed by atoms with Gasteiger partial charge in [-0.2, -0.15) is 0 Å². The molecular formula is C23H21BrN2O6S. The third-order valence-electron chi connectivity index (χ3n) is 5.12. The highest BCUT2D eigenvalue weighted by molar-refractivity contribution is 9.10. The van der Waals surface area contributed by atoms with E-state index < -0.39 is 12.0 Å². The number of fused-ring (bicyclic) bond motifs is 1. The Labute approximate surface area is 201 Å². The number of ether oxygens (including phenoxy) is 3. The van der Waals surface area contributed by atoms with Crippen LogP contribution >= 0.6 is 27.3 Å². The van der Waals surface area contributed by atoms with Crippen LogP contribution in [0.4, 0.5) is 0 Å². The second-order valence-corrected chi connectivity index (χ2v) is 8.84. The van der Waals surface area contributed by atoms with Crippen LogP contribution in [0.25, 0.3) is 6.08 Å². The Bertz CT molecular complexity index is 1430. The highest BCUT2D eigenvalue weighted by Gasteiger charge is 2.35. The maximum Gasteiger partial charge on any atom is 0.338 e. The third-order valence-corrected chi connectivity index (χ3v) is 6.53. The molecule has 0 bridgehead atoms. The van der Waals surface area contributed by atoms with Gasteiger partial charge in [-0.1, -0.05) is 11.3 Å². The SMILES string of the molecule is CCOC(=O)C1=C(C)N=c2sc(=Cc3ccc(Br)o3)c(=O)n2[C@H]1c1ccc(OC)cc1OC. The number of halogens is 1. The standard InChI is InChI=1S/C23H21BrN2O6S/c1-5-31-22(28)19-12(2)25-23-26(20(19)15-8-6-13(29-3)10-16(15)30-4)21(27)17(33-23)11-14-7-9-18(24)32-14/h6-11,20H,5H2,1-4H3/t20-/m0/s1. The van der Waals surface area contributed by atoms with Crippen LogP contribution in [0, 0.1) is 0 Å². The van der Waals surface area contributed by atoms with Crippen molar-refractivity contribution in [1.29, 1.82) is 0 Å². The number of hydrogen-bond acceptors (Lipinski definition) is 8. The van der Waals surface area contributed by atoms with Crippen molar-refractivity contribution in [2.45, 2.75) is 19.9 Å². The maximum absolute atomic E-state index is 13.6. The summed E-state index contributed by atoms with van der Waals surface area (Å²) in [5, 5.41) is 0. The van der Waals surface area contributed by atoms with Gasteiger partial charge in [0.05, 0.1) is 36.6 Å². The van der Waals surface area contributed by atoms with E-state index in [1.54, 1.807) is 57.4 Å². The fourth-order valence-corrected chi connectivity index (χ4v) is 5.01. The summed E-state index contributed by atoms with van der Waals surface area (Å²) in [5.74, 6) is 1.04.